The van der Waals surface area contributed by atoms with Crippen LogP contribution in [0, 0.1) is 5.92 Å². The van der Waals surface area contributed by atoms with Gasteiger partial charge in [-0.2, -0.15) is 0 Å². The van der Waals surface area contributed by atoms with Crippen molar-refractivity contribution in [1.82, 2.24) is 0 Å². The smallest absolute Gasteiger partial charge is 0.0617 e. The molecule has 0 fully saturated rings. The van der Waals surface area contributed by atoms with Crippen LogP contribution in [0.2, 0.25) is 0 Å². The Kier molecular flexibility index (Phi) is 2.48. The van der Waals surface area contributed by atoms with Gasteiger partial charge in [0.15, 0.2) is 0 Å². The molecule has 0 saturated carbocycles. The molecular formula is C7H16O. The van der Waals surface area contributed by atoms with E-state index in [1.807, 2.05) is 13.8 Å². The zero-order valence-electron chi connectivity index (χ0n) is 6.23. The van der Waals surface area contributed by atoms with Crippen molar-refractivity contribution in [2.45, 2.75) is 39.7 Å². The second kappa shape index (κ2) is 2.49. The molecule has 0 aliphatic carbocycles. The molecule has 0 saturated heterocycles. The van der Waals surface area contributed by atoms with E-state index in [4.69, 9.17) is 0 Å². The van der Waals surface area contributed by atoms with Gasteiger partial charge in [0.1, 0.15) is 0 Å². The highest BCUT2D eigenvalue weighted by Gasteiger charge is 2.19. The van der Waals surface area contributed by atoms with Gasteiger partial charge in [-0.05, 0) is 19.8 Å². The molecule has 0 aromatic rings. The minimum absolute atomic E-state index is 0.405. The minimum atomic E-state index is -0.491. The Morgan fingerprint density at radius 3 is 1.88 bits per heavy atom. The van der Waals surface area contributed by atoms with E-state index in [9.17, 15) is 5.11 Å². The summed E-state index contributed by atoms with van der Waals surface area (Å²) in [5, 5.41) is 9.29. The molecule has 0 unspecified atom stereocenters. The molecule has 0 spiro atoms. The molecule has 1 nitrogen and oxygen atoms in total. The van der Waals surface area contributed by atoms with Gasteiger partial charge in [-0.1, -0.05) is 20.3 Å². The van der Waals surface area contributed by atoms with E-state index in [1.54, 1.807) is 0 Å². The van der Waals surface area contributed by atoms with E-state index in [-0.39, 0.29) is 0 Å². The number of hydrogen-bond donors (Lipinski definition) is 1. The second-order valence-corrected chi connectivity index (χ2v) is 2.96. The van der Waals surface area contributed by atoms with Crippen LogP contribution in [0.1, 0.15) is 34.1 Å². The fraction of sp³-hybridized carbons (Fsp3) is 1.00. The molecule has 0 heterocycles. The van der Waals surface area contributed by atoms with Crippen LogP contribution < -0.4 is 0 Å². The van der Waals surface area contributed by atoms with Crippen LogP contribution >= 0.6 is 0 Å². The molecule has 0 amide bonds. The van der Waals surface area contributed by atoms with E-state index in [0.29, 0.717) is 5.92 Å². The first-order valence-electron chi connectivity index (χ1n) is 3.20. The normalized spacial score (nSPS) is 16.1. The molecule has 0 aromatic heterocycles. The van der Waals surface area contributed by atoms with Crippen molar-refractivity contribution < 1.29 is 5.11 Å². The summed E-state index contributed by atoms with van der Waals surface area (Å²) in [5.74, 6) is 0.405. The molecule has 1 atom stereocenters. The van der Waals surface area contributed by atoms with Crippen LogP contribution in [0.4, 0.5) is 0 Å². The quantitative estimate of drug-likeness (QED) is 0.583. The van der Waals surface area contributed by atoms with E-state index in [1.165, 1.54) is 0 Å². The molecule has 0 radical (unpaired) electrons. The Bertz CT molecular complexity index is 61.3. The second-order valence-electron chi connectivity index (χ2n) is 2.96. The lowest BCUT2D eigenvalue weighted by molar-refractivity contribution is 0.0234. The Labute approximate surface area is 51.7 Å². The summed E-state index contributed by atoms with van der Waals surface area (Å²) in [7, 11) is 0. The standard InChI is InChI=1S/C7H16O/c1-5-6(2)7(3,4)8/h6,8H,5H2,1-4H3/t6-/m0/s1. The van der Waals surface area contributed by atoms with Gasteiger partial charge in [0, 0.05) is 0 Å². The summed E-state index contributed by atoms with van der Waals surface area (Å²) in [6.07, 6.45) is 1.05. The molecule has 1 heteroatoms. The van der Waals surface area contributed by atoms with Crippen molar-refractivity contribution in [3.63, 3.8) is 0 Å². The van der Waals surface area contributed by atoms with Gasteiger partial charge in [0.25, 0.3) is 0 Å². The number of hydrogen-bond acceptors (Lipinski definition) is 1. The average molecular weight is 116 g/mol. The highest BCUT2D eigenvalue weighted by molar-refractivity contribution is 4.71. The largest absolute Gasteiger partial charge is 0.390 e. The topological polar surface area (TPSA) is 20.2 Å². The van der Waals surface area contributed by atoms with Gasteiger partial charge in [-0.3, -0.25) is 0 Å². The average Bonchev–Trinajstić information content (AvgIpc) is 1.62. The molecule has 1 N–H and O–H groups in total. The predicted octanol–water partition coefficient (Wildman–Crippen LogP) is 1.80. The zero-order valence-corrected chi connectivity index (χ0v) is 6.23. The van der Waals surface area contributed by atoms with Gasteiger partial charge in [0.05, 0.1) is 5.60 Å². The SMILES string of the molecule is CC[C@H](C)C(C)(C)O. The van der Waals surface area contributed by atoms with Crippen LogP contribution in [0.3, 0.4) is 0 Å². The molecule has 0 aliphatic heterocycles. The van der Waals surface area contributed by atoms with Gasteiger partial charge in [0.2, 0.25) is 0 Å². The lowest BCUT2D eigenvalue weighted by Crippen LogP contribution is -2.27. The third-order valence-electron chi connectivity index (χ3n) is 1.82. The number of rotatable bonds is 2. The first-order chi connectivity index (χ1) is 3.48. The van der Waals surface area contributed by atoms with Gasteiger partial charge in [-0.25, -0.2) is 0 Å². The van der Waals surface area contributed by atoms with E-state index >= 15 is 0 Å². The molecule has 8 heavy (non-hydrogen) atoms. The molecule has 0 bridgehead atoms. The summed E-state index contributed by atoms with van der Waals surface area (Å²) in [5.41, 5.74) is -0.491. The summed E-state index contributed by atoms with van der Waals surface area (Å²) in [6.45, 7) is 7.84. The van der Waals surface area contributed by atoms with Gasteiger partial charge < -0.3 is 5.11 Å². The summed E-state index contributed by atoms with van der Waals surface area (Å²) in [6, 6.07) is 0. The summed E-state index contributed by atoms with van der Waals surface area (Å²) >= 11 is 0. The highest BCUT2D eigenvalue weighted by Crippen LogP contribution is 2.17. The van der Waals surface area contributed by atoms with Gasteiger partial charge >= 0.3 is 0 Å². The minimum Gasteiger partial charge on any atom is -0.390 e. The van der Waals surface area contributed by atoms with E-state index in [0.717, 1.165) is 6.42 Å². The maximum atomic E-state index is 9.29. The maximum Gasteiger partial charge on any atom is 0.0617 e. The Morgan fingerprint density at radius 1 is 1.50 bits per heavy atom. The lowest BCUT2D eigenvalue weighted by Gasteiger charge is -2.23. The van der Waals surface area contributed by atoms with Gasteiger partial charge in [-0.15, -0.1) is 0 Å². The van der Waals surface area contributed by atoms with Crippen LogP contribution in [-0.4, -0.2) is 10.7 Å². The molecule has 50 valence electrons. The predicted molar refractivity (Wildman–Crippen MR) is 35.8 cm³/mol. The van der Waals surface area contributed by atoms with E-state index < -0.39 is 5.60 Å². The first-order valence-corrected chi connectivity index (χ1v) is 3.20. The monoisotopic (exact) mass is 116 g/mol. The summed E-state index contributed by atoms with van der Waals surface area (Å²) < 4.78 is 0. The van der Waals surface area contributed by atoms with Crippen LogP contribution in [0.15, 0.2) is 0 Å². The van der Waals surface area contributed by atoms with E-state index in [2.05, 4.69) is 13.8 Å². The van der Waals surface area contributed by atoms with Crippen molar-refractivity contribution in [1.29, 1.82) is 0 Å². The molecule has 0 aromatic carbocycles. The Hall–Kier alpha value is -0.0400. The fourth-order valence-corrected chi connectivity index (χ4v) is 0.500. The molecular weight excluding hydrogens is 100 g/mol. The molecule has 0 rings (SSSR count). The van der Waals surface area contributed by atoms with Crippen LogP contribution in [-0.2, 0) is 0 Å². The highest BCUT2D eigenvalue weighted by atomic mass is 16.3. The molecule has 0 aliphatic rings. The number of aliphatic hydroxyl groups is 1. The van der Waals surface area contributed by atoms with Crippen molar-refractivity contribution in [2.24, 2.45) is 5.92 Å². The van der Waals surface area contributed by atoms with Crippen molar-refractivity contribution in [2.75, 3.05) is 0 Å². The third-order valence-corrected chi connectivity index (χ3v) is 1.82. The first kappa shape index (κ1) is 7.96. The third kappa shape index (κ3) is 2.31. The summed E-state index contributed by atoms with van der Waals surface area (Å²) in [4.78, 5) is 0. The van der Waals surface area contributed by atoms with Crippen molar-refractivity contribution in [3.05, 3.63) is 0 Å². The lowest BCUT2D eigenvalue weighted by atomic mass is 9.91. The van der Waals surface area contributed by atoms with Crippen LogP contribution in [0.25, 0.3) is 0 Å². The Balaban J connectivity index is 3.62. The van der Waals surface area contributed by atoms with Crippen molar-refractivity contribution in [3.8, 4) is 0 Å². The fourth-order valence-electron chi connectivity index (χ4n) is 0.500. The zero-order chi connectivity index (χ0) is 6.78. The van der Waals surface area contributed by atoms with Crippen molar-refractivity contribution >= 4 is 0 Å². The maximum absolute atomic E-state index is 9.29. The Morgan fingerprint density at radius 2 is 1.88 bits per heavy atom. The van der Waals surface area contributed by atoms with Crippen LogP contribution in [0.5, 0.6) is 0 Å².